The Morgan fingerprint density at radius 3 is 2.31 bits per heavy atom. The Morgan fingerprint density at radius 1 is 1.19 bits per heavy atom. The highest BCUT2D eigenvalue weighted by atomic mass is 16.6. The summed E-state index contributed by atoms with van der Waals surface area (Å²) in [6.07, 6.45) is 0. The van der Waals surface area contributed by atoms with Crippen molar-refractivity contribution in [2.45, 2.75) is 45.8 Å². The van der Waals surface area contributed by atoms with Crippen molar-refractivity contribution in [2.24, 2.45) is 5.92 Å². The number of rotatable bonds is 4. The van der Waals surface area contributed by atoms with Gasteiger partial charge in [-0.25, -0.2) is 4.79 Å². The Balaban J connectivity index is 2.63. The van der Waals surface area contributed by atoms with Gasteiger partial charge in [0.15, 0.2) is 5.92 Å². The molecule has 1 N–H and O–H groups in total. The molecule has 0 radical (unpaired) electrons. The average molecular weight is 361 g/mol. The minimum absolute atomic E-state index is 0.227. The second-order valence-corrected chi connectivity index (χ2v) is 7.38. The highest BCUT2D eigenvalue weighted by Gasteiger charge is 2.63. The zero-order valence-electron chi connectivity index (χ0n) is 15.8. The Morgan fingerprint density at radius 2 is 1.81 bits per heavy atom. The third kappa shape index (κ3) is 3.21. The number of methoxy groups -OCH3 is 1. The summed E-state index contributed by atoms with van der Waals surface area (Å²) in [5, 5.41) is 2.78. The normalized spacial score (nSPS) is 20.0. The largest absolute Gasteiger partial charge is 0.467 e. The molecule has 1 aromatic rings. The summed E-state index contributed by atoms with van der Waals surface area (Å²) in [6.45, 7) is 7.84. The van der Waals surface area contributed by atoms with E-state index in [1.807, 2.05) is 0 Å². The standard InChI is InChI=1S/C19H23NO6/c1-10-7-8-13-12(9-10)15(22)19(20-13,17(24)25-6)14(11(2)21)16(23)26-18(3,4)5/h7-9,14,20H,1-6H3/t14-,19-/m0/s1. The van der Waals surface area contributed by atoms with Gasteiger partial charge < -0.3 is 14.8 Å². The number of Topliss-reactive ketones (excluding diaryl/α,β-unsaturated/α-hetero) is 2. The zero-order valence-corrected chi connectivity index (χ0v) is 15.8. The maximum atomic E-state index is 13.2. The third-order valence-corrected chi connectivity index (χ3v) is 4.10. The molecule has 0 unspecified atom stereocenters. The fraction of sp³-hybridized carbons (Fsp3) is 0.474. The van der Waals surface area contributed by atoms with Crippen molar-refractivity contribution in [3.63, 3.8) is 0 Å². The van der Waals surface area contributed by atoms with Crippen molar-refractivity contribution >= 4 is 29.2 Å². The van der Waals surface area contributed by atoms with Crippen LogP contribution in [0.25, 0.3) is 0 Å². The van der Waals surface area contributed by atoms with E-state index in [1.165, 1.54) is 0 Å². The molecule has 1 heterocycles. The SMILES string of the molecule is COC(=O)[C@@]1([C@@H](C(C)=O)C(=O)OC(C)(C)C)Nc2ccc(C)cc2C1=O. The smallest absolute Gasteiger partial charge is 0.341 e. The first-order chi connectivity index (χ1) is 11.9. The van der Waals surface area contributed by atoms with Gasteiger partial charge in [-0.15, -0.1) is 0 Å². The molecule has 0 spiro atoms. The summed E-state index contributed by atoms with van der Waals surface area (Å²) < 4.78 is 10.1. The summed E-state index contributed by atoms with van der Waals surface area (Å²) in [5.41, 5.74) is -1.69. The molecular formula is C19H23NO6. The van der Waals surface area contributed by atoms with Crippen LogP contribution in [0, 0.1) is 12.8 Å². The van der Waals surface area contributed by atoms with Crippen LogP contribution >= 0.6 is 0 Å². The number of ether oxygens (including phenoxy) is 2. The van der Waals surface area contributed by atoms with Crippen LogP contribution < -0.4 is 5.32 Å². The molecular weight excluding hydrogens is 338 g/mol. The molecule has 7 heteroatoms. The zero-order chi connectivity index (χ0) is 19.9. The van der Waals surface area contributed by atoms with Gasteiger partial charge in [-0.3, -0.25) is 14.4 Å². The predicted octanol–water partition coefficient (Wildman–Crippen LogP) is 2.06. The molecule has 0 aromatic heterocycles. The lowest BCUT2D eigenvalue weighted by Gasteiger charge is -2.32. The van der Waals surface area contributed by atoms with Gasteiger partial charge in [0.1, 0.15) is 11.4 Å². The number of anilines is 1. The van der Waals surface area contributed by atoms with Gasteiger partial charge in [0.2, 0.25) is 11.3 Å². The van der Waals surface area contributed by atoms with Crippen molar-refractivity contribution < 1.29 is 28.7 Å². The van der Waals surface area contributed by atoms with Crippen LogP contribution in [0.15, 0.2) is 18.2 Å². The monoisotopic (exact) mass is 361 g/mol. The maximum absolute atomic E-state index is 13.2. The lowest BCUT2D eigenvalue weighted by atomic mass is 9.78. The number of fused-ring (bicyclic) bond motifs is 1. The van der Waals surface area contributed by atoms with Crippen LogP contribution in [0.3, 0.4) is 0 Å². The minimum Gasteiger partial charge on any atom is -0.467 e. The second-order valence-electron chi connectivity index (χ2n) is 7.38. The fourth-order valence-electron chi connectivity index (χ4n) is 3.07. The van der Waals surface area contributed by atoms with Gasteiger partial charge >= 0.3 is 11.9 Å². The number of benzene rings is 1. The highest BCUT2D eigenvalue weighted by Crippen LogP contribution is 2.40. The summed E-state index contributed by atoms with van der Waals surface area (Å²) in [6, 6.07) is 4.98. The molecule has 140 valence electrons. The first kappa shape index (κ1) is 19.6. The fourth-order valence-corrected chi connectivity index (χ4v) is 3.07. The Kier molecular flexibility index (Phi) is 4.94. The van der Waals surface area contributed by atoms with Gasteiger partial charge in [0.05, 0.1) is 7.11 Å². The van der Waals surface area contributed by atoms with E-state index in [0.29, 0.717) is 5.69 Å². The average Bonchev–Trinajstić information content (AvgIpc) is 2.78. The number of carbonyl (C=O) groups is 4. The summed E-state index contributed by atoms with van der Waals surface area (Å²) in [4.78, 5) is 50.9. The first-order valence-corrected chi connectivity index (χ1v) is 8.19. The first-order valence-electron chi connectivity index (χ1n) is 8.19. The van der Waals surface area contributed by atoms with Gasteiger partial charge in [0.25, 0.3) is 0 Å². The molecule has 7 nitrogen and oxygen atoms in total. The van der Waals surface area contributed by atoms with Crippen molar-refractivity contribution in [1.82, 2.24) is 0 Å². The van der Waals surface area contributed by atoms with E-state index in [-0.39, 0.29) is 5.56 Å². The van der Waals surface area contributed by atoms with E-state index in [0.717, 1.165) is 19.6 Å². The van der Waals surface area contributed by atoms with Crippen LogP contribution in [0.2, 0.25) is 0 Å². The quantitative estimate of drug-likeness (QED) is 0.647. The van der Waals surface area contributed by atoms with Crippen LogP contribution in [0.1, 0.15) is 43.6 Å². The number of hydrogen-bond donors (Lipinski definition) is 1. The Labute approximate surface area is 152 Å². The van der Waals surface area contributed by atoms with Gasteiger partial charge in [0, 0.05) is 11.3 Å². The molecule has 26 heavy (non-hydrogen) atoms. The molecule has 0 saturated heterocycles. The highest BCUT2D eigenvalue weighted by molar-refractivity contribution is 6.29. The van der Waals surface area contributed by atoms with Crippen molar-refractivity contribution in [3.05, 3.63) is 29.3 Å². The number of hydrogen-bond acceptors (Lipinski definition) is 7. The lowest BCUT2D eigenvalue weighted by molar-refractivity contribution is -0.168. The van der Waals surface area contributed by atoms with Crippen molar-refractivity contribution in [1.29, 1.82) is 0 Å². The molecule has 2 atom stereocenters. The molecule has 1 aliphatic heterocycles. The predicted molar refractivity (Wildman–Crippen MR) is 93.9 cm³/mol. The number of carbonyl (C=O) groups excluding carboxylic acids is 4. The number of esters is 2. The van der Waals surface area contributed by atoms with E-state index >= 15 is 0 Å². The van der Waals surface area contributed by atoms with Gasteiger partial charge in [-0.1, -0.05) is 11.6 Å². The molecule has 0 saturated carbocycles. The number of nitrogens with one attached hydrogen (secondary N) is 1. The second kappa shape index (κ2) is 6.55. The van der Waals surface area contributed by atoms with E-state index in [2.05, 4.69) is 5.32 Å². The molecule has 0 bridgehead atoms. The molecule has 2 rings (SSSR count). The number of ketones is 2. The molecule has 0 fully saturated rings. The van der Waals surface area contributed by atoms with E-state index in [1.54, 1.807) is 45.9 Å². The summed E-state index contributed by atoms with van der Waals surface area (Å²) >= 11 is 0. The molecule has 1 aromatic carbocycles. The molecule has 0 aliphatic carbocycles. The topological polar surface area (TPSA) is 98.8 Å². The van der Waals surface area contributed by atoms with Crippen LogP contribution in [-0.2, 0) is 23.9 Å². The summed E-state index contributed by atoms with van der Waals surface area (Å²) in [7, 11) is 1.10. The maximum Gasteiger partial charge on any atom is 0.341 e. The molecule has 1 aliphatic rings. The van der Waals surface area contributed by atoms with Crippen molar-refractivity contribution in [2.75, 3.05) is 12.4 Å². The third-order valence-electron chi connectivity index (χ3n) is 4.10. The van der Waals surface area contributed by atoms with E-state index in [9.17, 15) is 19.2 Å². The van der Waals surface area contributed by atoms with Crippen LogP contribution in [0.5, 0.6) is 0 Å². The van der Waals surface area contributed by atoms with Gasteiger partial charge in [-0.2, -0.15) is 0 Å². The summed E-state index contributed by atoms with van der Waals surface area (Å²) in [5.74, 6) is -5.00. The lowest BCUT2D eigenvalue weighted by Crippen LogP contribution is -2.61. The van der Waals surface area contributed by atoms with E-state index in [4.69, 9.17) is 9.47 Å². The Hall–Kier alpha value is -2.70. The van der Waals surface area contributed by atoms with Crippen LogP contribution in [-0.4, -0.2) is 41.8 Å². The van der Waals surface area contributed by atoms with E-state index < -0.39 is 40.6 Å². The van der Waals surface area contributed by atoms with Gasteiger partial charge in [-0.05, 0) is 46.8 Å². The van der Waals surface area contributed by atoms with Crippen LogP contribution in [0.4, 0.5) is 5.69 Å². The number of aryl methyl sites for hydroxylation is 1. The minimum atomic E-state index is -2.18. The van der Waals surface area contributed by atoms with Crippen molar-refractivity contribution in [3.8, 4) is 0 Å². The molecule has 0 amide bonds. The Bertz CT molecular complexity index is 792.